The second kappa shape index (κ2) is 13.7. The van der Waals surface area contributed by atoms with Gasteiger partial charge in [-0.25, -0.2) is 0 Å². The molecule has 0 aliphatic carbocycles. The van der Waals surface area contributed by atoms with Gasteiger partial charge < -0.3 is 29.9 Å². The quantitative estimate of drug-likeness (QED) is 0.228. The zero-order valence-electron chi connectivity index (χ0n) is 17.7. The molecule has 2 N–H and O–H groups in total. The summed E-state index contributed by atoms with van der Waals surface area (Å²) in [7, 11) is 1.71. The number of benzene rings is 1. The Hall–Kier alpha value is -1.59. The Morgan fingerprint density at radius 2 is 1.97 bits per heavy atom. The summed E-state index contributed by atoms with van der Waals surface area (Å²) < 4.78 is 11.0. The van der Waals surface area contributed by atoms with Crippen molar-refractivity contribution < 1.29 is 14.3 Å². The van der Waals surface area contributed by atoms with Crippen LogP contribution in [0, 0.1) is 0 Å². The number of carbonyl (C=O) groups excluding carboxylic acids is 1. The van der Waals surface area contributed by atoms with Gasteiger partial charge in [-0.3, -0.25) is 9.79 Å². The van der Waals surface area contributed by atoms with Crippen molar-refractivity contribution in [2.75, 3.05) is 71.0 Å². The van der Waals surface area contributed by atoms with Crippen molar-refractivity contribution >= 4 is 41.5 Å². The highest BCUT2D eigenvalue weighted by molar-refractivity contribution is 14.0. The van der Waals surface area contributed by atoms with Crippen molar-refractivity contribution in [2.45, 2.75) is 18.9 Å². The molecule has 2 heterocycles. The van der Waals surface area contributed by atoms with Gasteiger partial charge in [-0.05, 0) is 25.0 Å². The average Bonchev–Trinajstić information content (AvgIpc) is 3.30. The Morgan fingerprint density at radius 1 is 1.20 bits per heavy atom. The van der Waals surface area contributed by atoms with Gasteiger partial charge in [0.15, 0.2) is 5.96 Å². The van der Waals surface area contributed by atoms with E-state index >= 15 is 0 Å². The fourth-order valence-electron chi connectivity index (χ4n) is 3.52. The molecule has 2 saturated heterocycles. The smallest absolute Gasteiger partial charge is 0.242 e. The number of aliphatic imine (C=N–C) groups is 1. The van der Waals surface area contributed by atoms with Gasteiger partial charge in [0.1, 0.15) is 0 Å². The van der Waals surface area contributed by atoms with Gasteiger partial charge in [0.2, 0.25) is 5.91 Å². The molecule has 3 rings (SSSR count). The van der Waals surface area contributed by atoms with E-state index in [0.29, 0.717) is 19.2 Å². The van der Waals surface area contributed by atoms with E-state index < -0.39 is 0 Å². The SMILES string of the molecule is CN=C(NCCCOC1CCOC1)NCC(=O)N1CCN(c2ccccc2)CC1.I. The number of amides is 1. The monoisotopic (exact) mass is 531 g/mol. The lowest BCUT2D eigenvalue weighted by Gasteiger charge is -2.36. The number of piperazine rings is 1. The summed E-state index contributed by atoms with van der Waals surface area (Å²) >= 11 is 0. The maximum Gasteiger partial charge on any atom is 0.242 e. The highest BCUT2D eigenvalue weighted by Crippen LogP contribution is 2.15. The van der Waals surface area contributed by atoms with Crippen LogP contribution in [0.25, 0.3) is 0 Å². The van der Waals surface area contributed by atoms with E-state index in [1.807, 2.05) is 23.1 Å². The minimum absolute atomic E-state index is 0. The number of guanidine groups is 1. The summed E-state index contributed by atoms with van der Waals surface area (Å²) in [5, 5.41) is 6.34. The summed E-state index contributed by atoms with van der Waals surface area (Å²) in [6.07, 6.45) is 2.11. The molecule has 168 valence electrons. The summed E-state index contributed by atoms with van der Waals surface area (Å²) in [6, 6.07) is 10.3. The first-order valence-electron chi connectivity index (χ1n) is 10.5. The minimum atomic E-state index is 0. The topological polar surface area (TPSA) is 78.4 Å². The van der Waals surface area contributed by atoms with Crippen LogP contribution in [0.5, 0.6) is 0 Å². The number of halogens is 1. The highest BCUT2D eigenvalue weighted by Gasteiger charge is 2.21. The molecule has 1 amide bonds. The summed E-state index contributed by atoms with van der Waals surface area (Å²) in [5.41, 5.74) is 1.21. The van der Waals surface area contributed by atoms with E-state index in [1.54, 1.807) is 7.05 Å². The number of hydrogen-bond acceptors (Lipinski definition) is 5. The van der Waals surface area contributed by atoms with E-state index in [-0.39, 0.29) is 42.5 Å². The summed E-state index contributed by atoms with van der Waals surface area (Å²) in [6.45, 7) is 6.39. The molecular formula is C21H34IN5O3. The summed E-state index contributed by atoms with van der Waals surface area (Å²) in [5.74, 6) is 0.746. The molecule has 1 atom stereocenters. The molecule has 0 spiro atoms. The first-order valence-corrected chi connectivity index (χ1v) is 10.5. The van der Waals surface area contributed by atoms with E-state index in [0.717, 1.165) is 52.2 Å². The van der Waals surface area contributed by atoms with Crippen LogP contribution in [0.3, 0.4) is 0 Å². The molecule has 8 nitrogen and oxygen atoms in total. The van der Waals surface area contributed by atoms with Gasteiger partial charge in [-0.15, -0.1) is 24.0 Å². The Bertz CT molecular complexity index is 647. The van der Waals surface area contributed by atoms with Crippen LogP contribution in [0.2, 0.25) is 0 Å². The Labute approximate surface area is 196 Å². The van der Waals surface area contributed by atoms with Gasteiger partial charge >= 0.3 is 0 Å². The number of carbonyl (C=O) groups is 1. The maximum absolute atomic E-state index is 12.5. The molecule has 0 bridgehead atoms. The Morgan fingerprint density at radius 3 is 2.63 bits per heavy atom. The molecule has 2 fully saturated rings. The lowest BCUT2D eigenvalue weighted by Crippen LogP contribution is -2.52. The minimum Gasteiger partial charge on any atom is -0.379 e. The molecule has 0 saturated carbocycles. The van der Waals surface area contributed by atoms with Crippen molar-refractivity contribution in [3.05, 3.63) is 30.3 Å². The third-order valence-corrected chi connectivity index (χ3v) is 5.24. The predicted octanol–water partition coefficient (Wildman–Crippen LogP) is 1.31. The zero-order chi connectivity index (χ0) is 20.3. The molecular weight excluding hydrogens is 497 g/mol. The van der Waals surface area contributed by atoms with Gasteiger partial charge in [-0.2, -0.15) is 0 Å². The number of nitrogens with zero attached hydrogens (tertiary/aromatic N) is 3. The second-order valence-corrected chi connectivity index (χ2v) is 7.27. The highest BCUT2D eigenvalue weighted by atomic mass is 127. The molecule has 0 aromatic heterocycles. The molecule has 0 radical (unpaired) electrons. The van der Waals surface area contributed by atoms with E-state index in [4.69, 9.17) is 9.47 Å². The molecule has 2 aliphatic rings. The molecule has 2 aliphatic heterocycles. The molecule has 30 heavy (non-hydrogen) atoms. The fraction of sp³-hybridized carbons (Fsp3) is 0.619. The molecule has 1 aromatic rings. The maximum atomic E-state index is 12.5. The van der Waals surface area contributed by atoms with E-state index in [2.05, 4.69) is 32.7 Å². The van der Waals surface area contributed by atoms with Crippen LogP contribution in [0.4, 0.5) is 5.69 Å². The lowest BCUT2D eigenvalue weighted by atomic mass is 10.2. The van der Waals surface area contributed by atoms with Crippen molar-refractivity contribution in [3.63, 3.8) is 0 Å². The van der Waals surface area contributed by atoms with Crippen LogP contribution in [0.15, 0.2) is 35.3 Å². The number of nitrogens with one attached hydrogen (secondary N) is 2. The first-order chi connectivity index (χ1) is 14.3. The zero-order valence-corrected chi connectivity index (χ0v) is 20.0. The van der Waals surface area contributed by atoms with Crippen molar-refractivity contribution in [1.29, 1.82) is 0 Å². The van der Waals surface area contributed by atoms with Crippen molar-refractivity contribution in [2.24, 2.45) is 4.99 Å². The van der Waals surface area contributed by atoms with Crippen molar-refractivity contribution in [3.8, 4) is 0 Å². The van der Waals surface area contributed by atoms with Crippen molar-refractivity contribution in [1.82, 2.24) is 15.5 Å². The first kappa shape index (κ1) is 24.7. The number of hydrogen-bond donors (Lipinski definition) is 2. The number of rotatable bonds is 8. The van der Waals surface area contributed by atoms with Gasteiger partial charge in [0.05, 0.1) is 19.3 Å². The van der Waals surface area contributed by atoms with Crippen LogP contribution in [0.1, 0.15) is 12.8 Å². The standard InChI is InChI=1S/C21H33N5O3.HI/c1-22-21(23-9-5-14-29-19-8-15-28-17-19)24-16-20(27)26-12-10-25(11-13-26)18-6-3-2-4-7-18;/h2-4,6-7,19H,5,8-17H2,1H3,(H2,22,23,24);1H. The summed E-state index contributed by atoms with van der Waals surface area (Å²) in [4.78, 5) is 20.9. The average molecular weight is 531 g/mol. The van der Waals surface area contributed by atoms with Crippen LogP contribution in [-0.2, 0) is 14.3 Å². The molecule has 1 unspecified atom stereocenters. The van der Waals surface area contributed by atoms with Crippen LogP contribution in [-0.4, -0.2) is 89.0 Å². The largest absolute Gasteiger partial charge is 0.379 e. The number of para-hydroxylation sites is 1. The van der Waals surface area contributed by atoms with Crippen LogP contribution < -0.4 is 15.5 Å². The van der Waals surface area contributed by atoms with Gasteiger partial charge in [0.25, 0.3) is 0 Å². The number of anilines is 1. The molecule has 1 aromatic carbocycles. The third-order valence-electron chi connectivity index (χ3n) is 5.24. The Kier molecular flexibility index (Phi) is 11.2. The third kappa shape index (κ3) is 7.92. The normalized spacial score (nSPS) is 19.4. The lowest BCUT2D eigenvalue weighted by molar-refractivity contribution is -0.130. The van der Waals surface area contributed by atoms with E-state index in [9.17, 15) is 4.79 Å². The molecule has 9 heteroatoms. The predicted molar refractivity (Wildman–Crippen MR) is 130 cm³/mol. The number of ether oxygens (including phenoxy) is 2. The second-order valence-electron chi connectivity index (χ2n) is 7.27. The van der Waals surface area contributed by atoms with Crippen LogP contribution >= 0.6 is 24.0 Å². The van der Waals surface area contributed by atoms with E-state index in [1.165, 1.54) is 5.69 Å². The van der Waals surface area contributed by atoms with Gasteiger partial charge in [-0.1, -0.05) is 18.2 Å². The fourth-order valence-corrected chi connectivity index (χ4v) is 3.52. The van der Waals surface area contributed by atoms with Gasteiger partial charge in [0, 0.05) is 58.7 Å². The Balaban J connectivity index is 0.00000320.